The van der Waals surface area contributed by atoms with Gasteiger partial charge in [-0.2, -0.15) is 0 Å². The van der Waals surface area contributed by atoms with Crippen molar-refractivity contribution in [3.63, 3.8) is 0 Å². The standard InChI is InChI=1S/C9H20OSi/c1-4-5-8-11(2,3)9-6-7-10/h4,10H,1,5-9H2,2-3H3. The fourth-order valence-corrected chi connectivity index (χ4v) is 3.53. The second-order valence-electron chi connectivity index (χ2n) is 3.82. The topological polar surface area (TPSA) is 20.2 Å². The summed E-state index contributed by atoms with van der Waals surface area (Å²) in [5.74, 6) is 0. The molecule has 0 radical (unpaired) electrons. The van der Waals surface area contributed by atoms with Gasteiger partial charge in [0.25, 0.3) is 0 Å². The van der Waals surface area contributed by atoms with E-state index in [4.69, 9.17) is 5.11 Å². The second-order valence-corrected chi connectivity index (χ2v) is 9.15. The Morgan fingerprint density at radius 2 is 2.00 bits per heavy atom. The first-order valence-electron chi connectivity index (χ1n) is 4.34. The molecule has 0 aliphatic rings. The highest BCUT2D eigenvalue weighted by Crippen LogP contribution is 2.18. The number of aliphatic hydroxyl groups excluding tert-OH is 1. The highest BCUT2D eigenvalue weighted by atomic mass is 28.3. The lowest BCUT2D eigenvalue weighted by Crippen LogP contribution is -2.24. The van der Waals surface area contributed by atoms with Gasteiger partial charge in [-0.15, -0.1) is 6.58 Å². The van der Waals surface area contributed by atoms with Crippen molar-refractivity contribution >= 4 is 8.07 Å². The summed E-state index contributed by atoms with van der Waals surface area (Å²) in [5, 5.41) is 8.66. The van der Waals surface area contributed by atoms with Crippen LogP contribution in [0.25, 0.3) is 0 Å². The van der Waals surface area contributed by atoms with Crippen molar-refractivity contribution in [2.45, 2.75) is 38.0 Å². The van der Waals surface area contributed by atoms with Crippen LogP contribution in [0.5, 0.6) is 0 Å². The molecule has 0 aromatic carbocycles. The average Bonchev–Trinajstić information content (AvgIpc) is 1.97. The zero-order chi connectivity index (χ0) is 8.74. The van der Waals surface area contributed by atoms with E-state index in [1.54, 1.807) is 0 Å². The Labute approximate surface area is 71.1 Å². The normalized spacial score (nSPS) is 11.5. The van der Waals surface area contributed by atoms with Crippen molar-refractivity contribution in [3.8, 4) is 0 Å². The number of hydrogen-bond donors (Lipinski definition) is 1. The first kappa shape index (κ1) is 10.9. The molecule has 0 aromatic rings. The largest absolute Gasteiger partial charge is 0.396 e. The second kappa shape index (κ2) is 5.55. The number of rotatable bonds is 6. The molecule has 66 valence electrons. The zero-order valence-corrected chi connectivity index (χ0v) is 8.77. The van der Waals surface area contributed by atoms with Gasteiger partial charge in [-0.1, -0.05) is 31.3 Å². The molecule has 11 heavy (non-hydrogen) atoms. The Bertz CT molecular complexity index is 110. The quantitative estimate of drug-likeness (QED) is 0.482. The van der Waals surface area contributed by atoms with Crippen molar-refractivity contribution in [2.24, 2.45) is 0 Å². The molecule has 0 heterocycles. The summed E-state index contributed by atoms with van der Waals surface area (Å²) >= 11 is 0. The maximum atomic E-state index is 8.66. The summed E-state index contributed by atoms with van der Waals surface area (Å²) in [4.78, 5) is 0. The minimum atomic E-state index is -0.977. The van der Waals surface area contributed by atoms with E-state index in [-0.39, 0.29) is 0 Å². The molecule has 0 aliphatic heterocycles. The molecule has 0 amide bonds. The SMILES string of the molecule is C=CCC[Si](C)(C)CCCO. The van der Waals surface area contributed by atoms with Gasteiger partial charge < -0.3 is 5.11 Å². The summed E-state index contributed by atoms with van der Waals surface area (Å²) in [6.45, 7) is 8.83. The Kier molecular flexibility index (Phi) is 5.51. The highest BCUT2D eigenvalue weighted by Gasteiger charge is 2.17. The molecular weight excluding hydrogens is 152 g/mol. The summed E-state index contributed by atoms with van der Waals surface area (Å²) in [6, 6.07) is 2.56. The first-order chi connectivity index (χ1) is 5.12. The molecule has 0 saturated carbocycles. The molecule has 0 fully saturated rings. The first-order valence-corrected chi connectivity index (χ1v) is 7.75. The van der Waals surface area contributed by atoms with E-state index in [9.17, 15) is 0 Å². The van der Waals surface area contributed by atoms with Gasteiger partial charge in [-0.25, -0.2) is 0 Å². The third-order valence-corrected chi connectivity index (χ3v) is 5.39. The minimum absolute atomic E-state index is 0.352. The lowest BCUT2D eigenvalue weighted by atomic mass is 10.5. The summed E-state index contributed by atoms with van der Waals surface area (Å²) in [5.41, 5.74) is 0. The Balaban J connectivity index is 3.51. The van der Waals surface area contributed by atoms with Gasteiger partial charge in [0.15, 0.2) is 0 Å². The van der Waals surface area contributed by atoms with Gasteiger partial charge in [0.2, 0.25) is 0 Å². The van der Waals surface area contributed by atoms with Crippen molar-refractivity contribution in [1.29, 1.82) is 0 Å². The number of allylic oxidation sites excluding steroid dienone is 1. The van der Waals surface area contributed by atoms with Crippen LogP contribution >= 0.6 is 0 Å². The van der Waals surface area contributed by atoms with E-state index in [0.29, 0.717) is 6.61 Å². The summed E-state index contributed by atoms with van der Waals surface area (Å²) in [7, 11) is -0.977. The fraction of sp³-hybridized carbons (Fsp3) is 0.778. The van der Waals surface area contributed by atoms with Gasteiger partial charge in [0.05, 0.1) is 0 Å². The number of aliphatic hydroxyl groups is 1. The molecular formula is C9H20OSi. The molecule has 0 atom stereocenters. The average molecular weight is 172 g/mol. The van der Waals surface area contributed by atoms with Crippen LogP contribution < -0.4 is 0 Å². The molecule has 0 aliphatic carbocycles. The summed E-state index contributed by atoms with van der Waals surface area (Å²) in [6.07, 6.45) is 4.12. The molecule has 0 saturated heterocycles. The Morgan fingerprint density at radius 1 is 1.36 bits per heavy atom. The maximum Gasteiger partial charge on any atom is 0.0477 e. The van der Waals surface area contributed by atoms with E-state index < -0.39 is 8.07 Å². The van der Waals surface area contributed by atoms with Crippen molar-refractivity contribution in [2.75, 3.05) is 6.61 Å². The van der Waals surface area contributed by atoms with Crippen LogP contribution in [-0.4, -0.2) is 19.8 Å². The zero-order valence-electron chi connectivity index (χ0n) is 7.77. The molecule has 0 unspecified atom stereocenters. The number of hydrogen-bond acceptors (Lipinski definition) is 1. The Hall–Kier alpha value is -0.0831. The fourth-order valence-electron chi connectivity index (χ4n) is 1.18. The molecule has 1 nitrogen and oxygen atoms in total. The van der Waals surface area contributed by atoms with Crippen LogP contribution in [-0.2, 0) is 0 Å². The van der Waals surface area contributed by atoms with Gasteiger partial charge in [0.1, 0.15) is 0 Å². The highest BCUT2D eigenvalue weighted by molar-refractivity contribution is 6.77. The van der Waals surface area contributed by atoms with Gasteiger partial charge >= 0.3 is 0 Å². The minimum Gasteiger partial charge on any atom is -0.396 e. The van der Waals surface area contributed by atoms with Gasteiger partial charge in [-0.3, -0.25) is 0 Å². The van der Waals surface area contributed by atoms with E-state index >= 15 is 0 Å². The third kappa shape index (κ3) is 6.32. The monoisotopic (exact) mass is 172 g/mol. The maximum absolute atomic E-state index is 8.66. The van der Waals surface area contributed by atoms with Crippen LogP contribution in [0.15, 0.2) is 12.7 Å². The van der Waals surface area contributed by atoms with Crippen LogP contribution in [0.2, 0.25) is 25.2 Å². The summed E-state index contributed by atoms with van der Waals surface area (Å²) < 4.78 is 0. The van der Waals surface area contributed by atoms with E-state index in [1.807, 2.05) is 6.08 Å². The van der Waals surface area contributed by atoms with Crippen LogP contribution in [0.3, 0.4) is 0 Å². The Morgan fingerprint density at radius 3 is 2.45 bits per heavy atom. The van der Waals surface area contributed by atoms with Crippen LogP contribution in [0.4, 0.5) is 0 Å². The van der Waals surface area contributed by atoms with E-state index in [2.05, 4.69) is 19.7 Å². The predicted octanol–water partition coefficient (Wildman–Crippen LogP) is 2.65. The van der Waals surface area contributed by atoms with Crippen LogP contribution in [0.1, 0.15) is 12.8 Å². The van der Waals surface area contributed by atoms with E-state index in [0.717, 1.165) is 12.8 Å². The van der Waals surface area contributed by atoms with Crippen molar-refractivity contribution in [3.05, 3.63) is 12.7 Å². The van der Waals surface area contributed by atoms with Crippen molar-refractivity contribution in [1.82, 2.24) is 0 Å². The van der Waals surface area contributed by atoms with Gasteiger partial charge in [-0.05, 0) is 12.8 Å². The lowest BCUT2D eigenvalue weighted by molar-refractivity contribution is 0.294. The third-order valence-electron chi connectivity index (χ3n) is 2.04. The molecule has 1 N–H and O–H groups in total. The molecule has 0 aromatic heterocycles. The smallest absolute Gasteiger partial charge is 0.0477 e. The van der Waals surface area contributed by atoms with Crippen molar-refractivity contribution < 1.29 is 5.11 Å². The molecule has 0 spiro atoms. The molecule has 0 bridgehead atoms. The van der Waals surface area contributed by atoms with Crippen LogP contribution in [0, 0.1) is 0 Å². The van der Waals surface area contributed by atoms with E-state index in [1.165, 1.54) is 12.1 Å². The lowest BCUT2D eigenvalue weighted by Gasteiger charge is -2.20. The molecule has 2 heteroatoms. The van der Waals surface area contributed by atoms with Gasteiger partial charge in [0, 0.05) is 14.7 Å². The predicted molar refractivity (Wildman–Crippen MR) is 53.6 cm³/mol. The molecule has 0 rings (SSSR count).